The Morgan fingerprint density at radius 3 is 2.22 bits per heavy atom. The molecule has 1 unspecified atom stereocenters. The Bertz CT molecular complexity index is 1210. The van der Waals surface area contributed by atoms with E-state index in [1.165, 1.54) is 0 Å². The average Bonchev–Trinajstić information content (AvgIpc) is 3.28. The third-order valence-electron chi connectivity index (χ3n) is 5.65. The Morgan fingerprint density at radius 1 is 0.875 bits per heavy atom. The Balaban J connectivity index is 1.63. The van der Waals surface area contributed by atoms with E-state index in [-0.39, 0.29) is 5.78 Å². The maximum Gasteiger partial charge on any atom is 0.339 e. The van der Waals surface area contributed by atoms with Gasteiger partial charge in [0.1, 0.15) is 0 Å². The lowest BCUT2D eigenvalue weighted by Gasteiger charge is -2.21. The average molecular weight is 427 g/mol. The van der Waals surface area contributed by atoms with E-state index < -0.39 is 12.1 Å². The molecule has 0 bridgehead atoms. The lowest BCUT2D eigenvalue weighted by Crippen LogP contribution is -2.22. The molecule has 0 fully saturated rings. The summed E-state index contributed by atoms with van der Waals surface area (Å²) in [6.07, 6.45) is 0.640. The minimum Gasteiger partial charge on any atom is -0.445 e. The van der Waals surface area contributed by atoms with E-state index in [1.54, 1.807) is 30.5 Å². The van der Waals surface area contributed by atoms with Crippen LogP contribution in [0, 0.1) is 0 Å². The number of anilines is 1. The molecule has 4 aromatic rings. The molecule has 0 amide bonds. The van der Waals surface area contributed by atoms with Gasteiger partial charge in [-0.1, -0.05) is 48.5 Å². The number of nitrogens with one attached hydrogen (secondary N) is 1. The number of aromatic amines is 1. The van der Waals surface area contributed by atoms with Crippen LogP contribution in [0.15, 0.2) is 85.1 Å². The number of nitrogens with zero attached hydrogens (tertiary/aromatic N) is 1. The fourth-order valence-electron chi connectivity index (χ4n) is 3.89. The van der Waals surface area contributed by atoms with Gasteiger partial charge in [0.2, 0.25) is 5.78 Å². The number of H-pyrrole nitrogens is 1. The zero-order chi connectivity index (χ0) is 22.5. The summed E-state index contributed by atoms with van der Waals surface area (Å²) < 4.78 is 5.79. The molecule has 0 radical (unpaired) electrons. The molecule has 162 valence electrons. The molecule has 1 atom stereocenters. The van der Waals surface area contributed by atoms with Gasteiger partial charge >= 0.3 is 5.97 Å². The van der Waals surface area contributed by atoms with Crippen LogP contribution in [0.5, 0.6) is 0 Å². The second-order valence-corrected chi connectivity index (χ2v) is 7.53. The molecule has 0 spiro atoms. The molecular formula is C27H26N2O3. The standard InChI is InChI=1S/C27H26N2O3/c1-3-29(4-2)21-16-14-20(15-17-21)27(31)32-26(19-10-6-5-7-11-19)25(30)23-18-28-24-13-9-8-12-22(23)24/h5-18,26,28H,3-4H2,1-2H3. The highest BCUT2D eigenvalue weighted by Crippen LogP contribution is 2.28. The summed E-state index contributed by atoms with van der Waals surface area (Å²) in [5.41, 5.74) is 3.45. The number of ketones is 1. The Labute approximate surface area is 187 Å². The van der Waals surface area contributed by atoms with Crippen LogP contribution in [-0.4, -0.2) is 29.8 Å². The molecule has 5 heteroatoms. The number of carbonyl (C=O) groups is 2. The molecule has 32 heavy (non-hydrogen) atoms. The first-order chi connectivity index (χ1) is 15.6. The van der Waals surface area contributed by atoms with Crippen LogP contribution in [0.3, 0.4) is 0 Å². The first-order valence-corrected chi connectivity index (χ1v) is 10.8. The molecule has 3 aromatic carbocycles. The molecule has 1 heterocycles. The summed E-state index contributed by atoms with van der Waals surface area (Å²) in [5.74, 6) is -0.792. The molecule has 5 nitrogen and oxygen atoms in total. The van der Waals surface area contributed by atoms with Gasteiger partial charge in [0.05, 0.1) is 5.56 Å². The molecule has 0 saturated heterocycles. The van der Waals surface area contributed by atoms with Crippen LogP contribution in [-0.2, 0) is 4.74 Å². The number of esters is 1. The number of benzene rings is 3. The fourth-order valence-corrected chi connectivity index (χ4v) is 3.89. The summed E-state index contributed by atoms with van der Waals surface area (Å²) >= 11 is 0. The van der Waals surface area contributed by atoms with E-state index in [1.807, 2.05) is 54.6 Å². The summed E-state index contributed by atoms with van der Waals surface area (Å²) in [6, 6.07) is 24.0. The van der Waals surface area contributed by atoms with Gasteiger partial charge in [-0.05, 0) is 44.2 Å². The first-order valence-electron chi connectivity index (χ1n) is 10.8. The predicted molar refractivity (Wildman–Crippen MR) is 127 cm³/mol. The van der Waals surface area contributed by atoms with Gasteiger partial charge in [0.15, 0.2) is 6.10 Å². The molecule has 0 aliphatic carbocycles. The second kappa shape index (κ2) is 9.52. The van der Waals surface area contributed by atoms with Crippen LogP contribution < -0.4 is 4.90 Å². The Hall–Kier alpha value is -3.86. The highest BCUT2D eigenvalue weighted by Gasteiger charge is 2.28. The van der Waals surface area contributed by atoms with Crippen LogP contribution in [0.4, 0.5) is 5.69 Å². The Kier molecular flexibility index (Phi) is 6.36. The van der Waals surface area contributed by atoms with Gasteiger partial charge in [-0.2, -0.15) is 0 Å². The van der Waals surface area contributed by atoms with E-state index in [2.05, 4.69) is 23.7 Å². The number of hydrogen-bond acceptors (Lipinski definition) is 4. The highest BCUT2D eigenvalue weighted by atomic mass is 16.5. The molecule has 1 aromatic heterocycles. The van der Waals surface area contributed by atoms with Crippen molar-refractivity contribution in [2.45, 2.75) is 20.0 Å². The van der Waals surface area contributed by atoms with E-state index in [0.717, 1.165) is 29.7 Å². The van der Waals surface area contributed by atoms with E-state index in [9.17, 15) is 9.59 Å². The number of ether oxygens (including phenoxy) is 1. The zero-order valence-electron chi connectivity index (χ0n) is 18.2. The first kappa shape index (κ1) is 21.4. The molecule has 0 aliphatic heterocycles. The van der Waals surface area contributed by atoms with E-state index in [4.69, 9.17) is 4.74 Å². The molecular weight excluding hydrogens is 400 g/mol. The van der Waals surface area contributed by atoms with Crippen molar-refractivity contribution in [2.24, 2.45) is 0 Å². The summed E-state index contributed by atoms with van der Waals surface area (Å²) in [4.78, 5) is 31.8. The maximum absolute atomic E-state index is 13.5. The van der Waals surface area contributed by atoms with Crippen LogP contribution in [0.1, 0.15) is 46.2 Å². The van der Waals surface area contributed by atoms with Gasteiger partial charge in [-0.3, -0.25) is 4.79 Å². The summed E-state index contributed by atoms with van der Waals surface area (Å²) in [5, 5.41) is 0.804. The number of aromatic nitrogens is 1. The molecule has 4 rings (SSSR count). The van der Waals surface area contributed by atoms with Crippen molar-refractivity contribution < 1.29 is 14.3 Å². The summed E-state index contributed by atoms with van der Waals surface area (Å²) in [7, 11) is 0. The monoisotopic (exact) mass is 426 g/mol. The fraction of sp³-hybridized carbons (Fsp3) is 0.185. The minimum atomic E-state index is -1.04. The van der Waals surface area contributed by atoms with Gasteiger partial charge < -0.3 is 14.6 Å². The smallest absolute Gasteiger partial charge is 0.339 e. The predicted octanol–water partition coefficient (Wildman–Crippen LogP) is 5.80. The van der Waals surface area contributed by atoms with E-state index in [0.29, 0.717) is 16.7 Å². The third kappa shape index (κ3) is 4.28. The number of fused-ring (bicyclic) bond motifs is 1. The SMILES string of the molecule is CCN(CC)c1ccc(C(=O)OC(C(=O)c2c[nH]c3ccccc23)c2ccccc2)cc1. The van der Waals surface area contributed by atoms with Crippen LogP contribution in [0.2, 0.25) is 0 Å². The number of Topliss-reactive ketones (excluding diaryl/α,β-unsaturated/α-hetero) is 1. The van der Waals surface area contributed by atoms with Crippen molar-refractivity contribution in [1.29, 1.82) is 0 Å². The highest BCUT2D eigenvalue weighted by molar-refractivity contribution is 6.11. The van der Waals surface area contributed by atoms with Crippen LogP contribution >= 0.6 is 0 Å². The summed E-state index contributed by atoms with van der Waals surface area (Å²) in [6.45, 7) is 5.95. The number of rotatable bonds is 8. The van der Waals surface area contributed by atoms with Gasteiger partial charge in [-0.25, -0.2) is 4.79 Å². The van der Waals surface area contributed by atoms with Gasteiger partial charge in [0, 0.05) is 47.0 Å². The largest absolute Gasteiger partial charge is 0.445 e. The van der Waals surface area contributed by atoms with Crippen molar-refractivity contribution >= 4 is 28.3 Å². The lowest BCUT2D eigenvalue weighted by molar-refractivity contribution is 0.0280. The van der Waals surface area contributed by atoms with Gasteiger partial charge in [-0.15, -0.1) is 0 Å². The second-order valence-electron chi connectivity index (χ2n) is 7.53. The molecule has 0 aliphatic rings. The number of carbonyl (C=O) groups excluding carboxylic acids is 2. The normalized spacial score (nSPS) is 11.8. The number of hydrogen-bond donors (Lipinski definition) is 1. The van der Waals surface area contributed by atoms with Crippen molar-refractivity contribution in [1.82, 2.24) is 4.98 Å². The van der Waals surface area contributed by atoms with Crippen molar-refractivity contribution in [3.05, 3.63) is 102 Å². The van der Waals surface area contributed by atoms with Crippen molar-refractivity contribution in [3.8, 4) is 0 Å². The molecule has 1 N–H and O–H groups in total. The number of para-hydroxylation sites is 1. The van der Waals surface area contributed by atoms with Crippen LogP contribution in [0.25, 0.3) is 10.9 Å². The lowest BCUT2D eigenvalue weighted by atomic mass is 9.99. The third-order valence-corrected chi connectivity index (χ3v) is 5.65. The van der Waals surface area contributed by atoms with Gasteiger partial charge in [0.25, 0.3) is 0 Å². The maximum atomic E-state index is 13.5. The van der Waals surface area contributed by atoms with Crippen molar-refractivity contribution in [3.63, 3.8) is 0 Å². The quantitative estimate of drug-likeness (QED) is 0.286. The van der Waals surface area contributed by atoms with E-state index >= 15 is 0 Å². The topological polar surface area (TPSA) is 62.4 Å². The van der Waals surface area contributed by atoms with Crippen molar-refractivity contribution in [2.75, 3.05) is 18.0 Å². The molecule has 0 saturated carbocycles. The zero-order valence-corrected chi connectivity index (χ0v) is 18.2. The minimum absolute atomic E-state index is 0.262. The Morgan fingerprint density at radius 2 is 1.53 bits per heavy atom.